The minimum absolute atomic E-state index is 0.261. The predicted octanol–water partition coefficient (Wildman–Crippen LogP) is 3.45. The molecule has 0 radical (unpaired) electrons. The van der Waals surface area contributed by atoms with Crippen molar-refractivity contribution in [2.75, 3.05) is 17.7 Å². The Morgan fingerprint density at radius 1 is 1.21 bits per heavy atom. The summed E-state index contributed by atoms with van der Waals surface area (Å²) in [5.41, 5.74) is 2.27. The van der Waals surface area contributed by atoms with Crippen LogP contribution in [0.15, 0.2) is 28.6 Å². The Morgan fingerprint density at radius 2 is 2.00 bits per heavy atom. The number of nitrogens with zero attached hydrogens (tertiary/aromatic N) is 2. The van der Waals surface area contributed by atoms with Crippen LogP contribution in [0.25, 0.3) is 0 Å². The standard InChI is InChI=1S/C13H17N3OS2/c1-10-4-6-11(7-5-10)14-12-15-16-13(19-12)18-9-3-2-8-17/h4-7,17H,2-3,8-9H2,1H3,(H,14,15). The molecule has 0 amide bonds. The molecule has 0 fully saturated rings. The van der Waals surface area contributed by atoms with Crippen molar-refractivity contribution in [2.24, 2.45) is 0 Å². The average Bonchev–Trinajstić information content (AvgIpc) is 2.85. The zero-order chi connectivity index (χ0) is 13.5. The number of hydrogen-bond acceptors (Lipinski definition) is 6. The summed E-state index contributed by atoms with van der Waals surface area (Å²) in [6.45, 7) is 2.33. The van der Waals surface area contributed by atoms with Gasteiger partial charge in [-0.1, -0.05) is 40.8 Å². The number of aliphatic hydroxyl groups is 1. The van der Waals surface area contributed by atoms with Crippen LogP contribution in [-0.4, -0.2) is 27.7 Å². The van der Waals surface area contributed by atoms with E-state index in [2.05, 4.69) is 34.6 Å². The van der Waals surface area contributed by atoms with Crippen molar-refractivity contribution in [3.8, 4) is 0 Å². The zero-order valence-corrected chi connectivity index (χ0v) is 12.4. The number of hydrogen-bond donors (Lipinski definition) is 2. The number of unbranched alkanes of at least 4 members (excludes halogenated alkanes) is 1. The molecule has 0 aliphatic heterocycles. The molecule has 0 spiro atoms. The van der Waals surface area contributed by atoms with Gasteiger partial charge in [-0.3, -0.25) is 0 Å². The lowest BCUT2D eigenvalue weighted by atomic mass is 10.2. The van der Waals surface area contributed by atoms with Gasteiger partial charge in [0.15, 0.2) is 4.34 Å². The molecule has 0 atom stereocenters. The first-order valence-electron chi connectivity index (χ1n) is 6.19. The monoisotopic (exact) mass is 295 g/mol. The van der Waals surface area contributed by atoms with Gasteiger partial charge in [0.1, 0.15) is 0 Å². The summed E-state index contributed by atoms with van der Waals surface area (Å²) < 4.78 is 0.965. The van der Waals surface area contributed by atoms with Crippen LogP contribution in [0.2, 0.25) is 0 Å². The summed E-state index contributed by atoms with van der Waals surface area (Å²) in [7, 11) is 0. The van der Waals surface area contributed by atoms with E-state index in [1.807, 2.05) is 12.1 Å². The van der Waals surface area contributed by atoms with Crippen molar-refractivity contribution in [1.82, 2.24) is 10.2 Å². The number of nitrogens with one attached hydrogen (secondary N) is 1. The molecule has 1 heterocycles. The lowest BCUT2D eigenvalue weighted by molar-refractivity contribution is 0.287. The molecule has 1 aromatic carbocycles. The van der Waals surface area contributed by atoms with E-state index in [0.29, 0.717) is 0 Å². The molecular formula is C13H17N3OS2. The van der Waals surface area contributed by atoms with Gasteiger partial charge in [0, 0.05) is 18.0 Å². The zero-order valence-electron chi connectivity index (χ0n) is 10.8. The van der Waals surface area contributed by atoms with Gasteiger partial charge in [0.2, 0.25) is 5.13 Å². The third kappa shape index (κ3) is 4.81. The van der Waals surface area contributed by atoms with E-state index in [1.54, 1.807) is 23.1 Å². The van der Waals surface area contributed by atoms with Crippen LogP contribution in [-0.2, 0) is 0 Å². The van der Waals surface area contributed by atoms with Gasteiger partial charge in [-0.25, -0.2) is 0 Å². The fourth-order valence-electron chi connectivity index (χ4n) is 1.45. The van der Waals surface area contributed by atoms with Crippen LogP contribution in [0.1, 0.15) is 18.4 Å². The molecule has 4 nitrogen and oxygen atoms in total. The Morgan fingerprint density at radius 3 is 2.74 bits per heavy atom. The summed E-state index contributed by atoms with van der Waals surface area (Å²) in [5.74, 6) is 0.972. The number of anilines is 2. The second kappa shape index (κ2) is 7.47. The molecule has 0 aliphatic rings. The topological polar surface area (TPSA) is 58.0 Å². The molecule has 1 aromatic heterocycles. The van der Waals surface area contributed by atoms with Gasteiger partial charge < -0.3 is 10.4 Å². The van der Waals surface area contributed by atoms with Crippen molar-refractivity contribution in [2.45, 2.75) is 24.1 Å². The highest BCUT2D eigenvalue weighted by molar-refractivity contribution is 8.01. The van der Waals surface area contributed by atoms with E-state index >= 15 is 0 Å². The van der Waals surface area contributed by atoms with Gasteiger partial charge >= 0.3 is 0 Å². The fourth-order valence-corrected chi connectivity index (χ4v) is 3.29. The molecule has 0 saturated carbocycles. The number of benzene rings is 1. The Hall–Kier alpha value is -1.11. The molecule has 0 bridgehead atoms. The quantitative estimate of drug-likeness (QED) is 0.605. The summed E-state index contributed by atoms with van der Waals surface area (Å²) >= 11 is 3.25. The maximum atomic E-state index is 8.71. The van der Waals surface area contributed by atoms with Crippen molar-refractivity contribution in [3.63, 3.8) is 0 Å². The highest BCUT2D eigenvalue weighted by Crippen LogP contribution is 2.28. The smallest absolute Gasteiger partial charge is 0.210 e. The van der Waals surface area contributed by atoms with Gasteiger partial charge in [0.25, 0.3) is 0 Å². The second-order valence-electron chi connectivity index (χ2n) is 4.14. The molecule has 6 heteroatoms. The highest BCUT2D eigenvalue weighted by Gasteiger charge is 2.04. The Labute approximate surface area is 121 Å². The number of rotatable bonds is 7. The Balaban J connectivity index is 1.85. The molecule has 0 unspecified atom stereocenters. The highest BCUT2D eigenvalue weighted by atomic mass is 32.2. The summed E-state index contributed by atoms with van der Waals surface area (Å²) in [4.78, 5) is 0. The van der Waals surface area contributed by atoms with Crippen molar-refractivity contribution >= 4 is 33.9 Å². The summed E-state index contributed by atoms with van der Waals surface area (Å²) in [5, 5.41) is 21.0. The Bertz CT molecular complexity index is 499. The number of aliphatic hydroxyl groups excluding tert-OH is 1. The predicted molar refractivity (Wildman–Crippen MR) is 81.4 cm³/mol. The number of aromatic nitrogens is 2. The van der Waals surface area contributed by atoms with Crippen molar-refractivity contribution < 1.29 is 5.11 Å². The van der Waals surface area contributed by atoms with E-state index in [1.165, 1.54) is 5.56 Å². The molecule has 2 aromatic rings. The molecule has 102 valence electrons. The van der Waals surface area contributed by atoms with Gasteiger partial charge in [-0.15, -0.1) is 10.2 Å². The average molecular weight is 295 g/mol. The first-order chi connectivity index (χ1) is 9.28. The van der Waals surface area contributed by atoms with Crippen LogP contribution in [0, 0.1) is 6.92 Å². The van der Waals surface area contributed by atoms with Gasteiger partial charge in [-0.2, -0.15) is 0 Å². The van der Waals surface area contributed by atoms with E-state index in [0.717, 1.165) is 33.8 Å². The van der Waals surface area contributed by atoms with Crippen LogP contribution in [0.4, 0.5) is 10.8 Å². The van der Waals surface area contributed by atoms with Crippen molar-refractivity contribution in [1.29, 1.82) is 0 Å². The maximum absolute atomic E-state index is 8.71. The van der Waals surface area contributed by atoms with Crippen LogP contribution in [0.3, 0.4) is 0 Å². The third-order valence-corrected chi connectivity index (χ3v) is 4.55. The van der Waals surface area contributed by atoms with Gasteiger partial charge in [0.05, 0.1) is 0 Å². The van der Waals surface area contributed by atoms with Crippen LogP contribution in [0.5, 0.6) is 0 Å². The molecule has 2 N–H and O–H groups in total. The first kappa shape index (κ1) is 14.3. The van der Waals surface area contributed by atoms with Crippen LogP contribution < -0.4 is 5.32 Å². The molecule has 0 saturated heterocycles. The lowest BCUT2D eigenvalue weighted by Gasteiger charge is -2.01. The number of thioether (sulfide) groups is 1. The molecule has 19 heavy (non-hydrogen) atoms. The normalized spacial score (nSPS) is 10.6. The first-order valence-corrected chi connectivity index (χ1v) is 7.99. The summed E-state index contributed by atoms with van der Waals surface area (Å²) in [6, 6.07) is 8.19. The largest absolute Gasteiger partial charge is 0.396 e. The Kier molecular flexibility index (Phi) is 5.62. The minimum Gasteiger partial charge on any atom is -0.396 e. The van der Waals surface area contributed by atoms with E-state index < -0.39 is 0 Å². The van der Waals surface area contributed by atoms with E-state index in [4.69, 9.17) is 5.11 Å². The van der Waals surface area contributed by atoms with Crippen molar-refractivity contribution in [3.05, 3.63) is 29.8 Å². The van der Waals surface area contributed by atoms with E-state index in [-0.39, 0.29) is 6.61 Å². The SMILES string of the molecule is Cc1ccc(Nc2nnc(SCCCCO)s2)cc1. The molecule has 2 rings (SSSR count). The van der Waals surface area contributed by atoms with Crippen LogP contribution >= 0.6 is 23.1 Å². The third-order valence-electron chi connectivity index (χ3n) is 2.49. The number of aryl methyl sites for hydroxylation is 1. The van der Waals surface area contributed by atoms with E-state index in [9.17, 15) is 0 Å². The van der Waals surface area contributed by atoms with Gasteiger partial charge in [-0.05, 0) is 31.9 Å². The fraction of sp³-hybridized carbons (Fsp3) is 0.385. The lowest BCUT2D eigenvalue weighted by Crippen LogP contribution is -1.88. The molecule has 0 aliphatic carbocycles. The summed E-state index contributed by atoms with van der Waals surface area (Å²) in [6.07, 6.45) is 1.85. The molecular weight excluding hydrogens is 278 g/mol. The minimum atomic E-state index is 0.261. The second-order valence-corrected chi connectivity index (χ2v) is 6.46. The maximum Gasteiger partial charge on any atom is 0.210 e.